The van der Waals surface area contributed by atoms with Crippen molar-refractivity contribution in [2.24, 2.45) is 11.7 Å². The lowest BCUT2D eigenvalue weighted by Crippen LogP contribution is -2.65. The molecular weight excluding hydrogens is 432 g/mol. The van der Waals surface area contributed by atoms with Crippen molar-refractivity contribution in [3.05, 3.63) is 0 Å². The van der Waals surface area contributed by atoms with Crippen LogP contribution < -0.4 is 16.4 Å². The quantitative estimate of drug-likeness (QED) is 0.317. The molecule has 0 radical (unpaired) electrons. The van der Waals surface area contributed by atoms with Crippen LogP contribution >= 0.6 is 0 Å². The number of hydrogen-bond donors (Lipinski definition) is 3. The van der Waals surface area contributed by atoms with Crippen molar-refractivity contribution >= 4 is 23.5 Å². The van der Waals surface area contributed by atoms with Gasteiger partial charge < -0.3 is 30.6 Å². The molecule has 0 spiro atoms. The van der Waals surface area contributed by atoms with E-state index in [4.69, 9.17) is 19.9 Å². The molecule has 3 heterocycles. The Hall–Kier alpha value is -2.08. The Bertz CT molecular complexity index is 760. The first-order valence-electron chi connectivity index (χ1n) is 11.6. The Morgan fingerprint density at radius 2 is 1.88 bits per heavy atom. The molecule has 11 nitrogen and oxygen atoms in total. The predicted molar refractivity (Wildman–Crippen MR) is 117 cm³/mol. The summed E-state index contributed by atoms with van der Waals surface area (Å²) < 4.78 is 16.3. The number of rotatable bonds is 11. The summed E-state index contributed by atoms with van der Waals surface area (Å²) in [6.45, 7) is 8.03. The molecule has 4 N–H and O–H groups in total. The Balaban J connectivity index is 1.68. The molecule has 5 atom stereocenters. The fourth-order valence-electron chi connectivity index (χ4n) is 4.32. The highest BCUT2D eigenvalue weighted by Gasteiger charge is 2.56. The van der Waals surface area contributed by atoms with Crippen molar-refractivity contribution in [1.82, 2.24) is 15.5 Å². The number of amides is 3. The molecule has 3 rings (SSSR count). The van der Waals surface area contributed by atoms with Crippen molar-refractivity contribution in [2.45, 2.75) is 63.3 Å². The van der Waals surface area contributed by atoms with Gasteiger partial charge in [0.05, 0.1) is 38.4 Å². The normalized spacial score (nSPS) is 28.9. The van der Waals surface area contributed by atoms with Gasteiger partial charge >= 0.3 is 0 Å². The van der Waals surface area contributed by atoms with Crippen LogP contribution in [0.2, 0.25) is 0 Å². The highest BCUT2D eigenvalue weighted by molar-refractivity contribution is 6.01. The Kier molecular flexibility index (Phi) is 8.09. The molecule has 3 amide bonds. The first kappa shape index (κ1) is 25.5. The van der Waals surface area contributed by atoms with Crippen LogP contribution in [0.5, 0.6) is 0 Å². The van der Waals surface area contributed by atoms with Gasteiger partial charge in [0, 0.05) is 19.7 Å². The minimum absolute atomic E-state index is 0.143. The number of carbonyl (C=O) groups is 4. The van der Waals surface area contributed by atoms with Crippen LogP contribution in [-0.2, 0) is 33.4 Å². The Morgan fingerprint density at radius 1 is 1.21 bits per heavy atom. The van der Waals surface area contributed by atoms with E-state index in [0.717, 1.165) is 12.8 Å². The third-order valence-corrected chi connectivity index (χ3v) is 6.77. The number of morpholine rings is 1. The molecule has 0 bridgehead atoms. The number of Topliss-reactive ketones (excluding diaryl/α,β-unsaturated/α-hetero) is 1. The molecule has 3 saturated heterocycles. The molecule has 186 valence electrons. The molecule has 33 heavy (non-hydrogen) atoms. The summed E-state index contributed by atoms with van der Waals surface area (Å²) in [5.74, 6) is -2.96. The first-order valence-corrected chi connectivity index (χ1v) is 11.6. The summed E-state index contributed by atoms with van der Waals surface area (Å²) in [4.78, 5) is 53.2. The summed E-state index contributed by atoms with van der Waals surface area (Å²) >= 11 is 0. The Morgan fingerprint density at radius 3 is 2.42 bits per heavy atom. The predicted octanol–water partition coefficient (Wildman–Crippen LogP) is -1.27. The maximum atomic E-state index is 13.3. The van der Waals surface area contributed by atoms with Gasteiger partial charge in [-0.05, 0) is 40.0 Å². The van der Waals surface area contributed by atoms with Crippen LogP contribution in [0.3, 0.4) is 0 Å². The molecule has 1 unspecified atom stereocenters. The van der Waals surface area contributed by atoms with E-state index in [0.29, 0.717) is 32.9 Å². The van der Waals surface area contributed by atoms with Crippen LogP contribution in [0.25, 0.3) is 0 Å². The number of ether oxygens (including phenoxy) is 3. The number of primary amides is 1. The number of epoxide rings is 1. The lowest BCUT2D eigenvalue weighted by molar-refractivity contribution is -0.142. The smallest absolute Gasteiger partial charge is 0.243 e. The second kappa shape index (κ2) is 10.5. The second-order valence-electron chi connectivity index (χ2n) is 9.54. The molecule has 3 fully saturated rings. The largest absolute Gasteiger partial charge is 0.379 e. The number of nitrogens with one attached hydrogen (secondary N) is 2. The van der Waals surface area contributed by atoms with Crippen LogP contribution in [-0.4, -0.2) is 97.8 Å². The van der Waals surface area contributed by atoms with Crippen LogP contribution in [0.15, 0.2) is 0 Å². The SMILES string of the molecule is C[C@H](NC(=O)CN1CCOCC1)C(=O)NC(C)(C(N)=O)[C@H](C[C@@H]1CCCO1)C(=O)[C@@]1(C)CO1. The van der Waals surface area contributed by atoms with E-state index in [9.17, 15) is 19.2 Å². The van der Waals surface area contributed by atoms with Crippen molar-refractivity contribution in [3.63, 3.8) is 0 Å². The zero-order valence-corrected chi connectivity index (χ0v) is 19.7. The van der Waals surface area contributed by atoms with E-state index in [1.807, 2.05) is 4.90 Å². The van der Waals surface area contributed by atoms with Gasteiger partial charge in [-0.25, -0.2) is 0 Å². The van der Waals surface area contributed by atoms with Gasteiger partial charge in [0.15, 0.2) is 5.78 Å². The molecule has 0 aliphatic carbocycles. The average Bonchev–Trinajstić information content (AvgIpc) is 3.31. The zero-order valence-electron chi connectivity index (χ0n) is 19.7. The fraction of sp³-hybridized carbons (Fsp3) is 0.818. The summed E-state index contributed by atoms with van der Waals surface area (Å²) in [6.07, 6.45) is 1.67. The maximum absolute atomic E-state index is 13.3. The number of nitrogens with two attached hydrogens (primary N) is 1. The molecule has 3 aliphatic heterocycles. The topological polar surface area (TPSA) is 153 Å². The maximum Gasteiger partial charge on any atom is 0.243 e. The van der Waals surface area contributed by atoms with Gasteiger partial charge in [-0.15, -0.1) is 0 Å². The third kappa shape index (κ3) is 6.28. The molecular formula is C22H36N4O7. The zero-order chi connectivity index (χ0) is 24.2. The van der Waals surface area contributed by atoms with Crippen molar-refractivity contribution in [1.29, 1.82) is 0 Å². The molecule has 0 aromatic carbocycles. The minimum atomic E-state index is -1.67. The highest BCUT2D eigenvalue weighted by Crippen LogP contribution is 2.37. The van der Waals surface area contributed by atoms with E-state index in [1.165, 1.54) is 13.8 Å². The van der Waals surface area contributed by atoms with Gasteiger partial charge in [0.1, 0.15) is 17.2 Å². The van der Waals surface area contributed by atoms with Crippen LogP contribution in [0.1, 0.15) is 40.0 Å². The summed E-state index contributed by atoms with van der Waals surface area (Å²) in [5, 5.41) is 5.32. The van der Waals surface area contributed by atoms with E-state index in [-0.39, 0.29) is 37.4 Å². The van der Waals surface area contributed by atoms with Crippen molar-refractivity contribution < 1.29 is 33.4 Å². The number of carbonyl (C=O) groups excluding carboxylic acids is 4. The fourth-order valence-corrected chi connectivity index (χ4v) is 4.32. The van der Waals surface area contributed by atoms with Crippen LogP contribution in [0.4, 0.5) is 0 Å². The van der Waals surface area contributed by atoms with Gasteiger partial charge in [0.25, 0.3) is 0 Å². The number of ketones is 1. The average molecular weight is 469 g/mol. The minimum Gasteiger partial charge on any atom is -0.379 e. The lowest BCUT2D eigenvalue weighted by atomic mass is 9.74. The van der Waals surface area contributed by atoms with E-state index >= 15 is 0 Å². The number of nitrogens with zero attached hydrogens (tertiary/aromatic N) is 1. The molecule has 0 saturated carbocycles. The molecule has 11 heteroatoms. The third-order valence-electron chi connectivity index (χ3n) is 6.77. The van der Waals surface area contributed by atoms with Gasteiger partial charge in [0.2, 0.25) is 17.7 Å². The lowest BCUT2D eigenvalue weighted by Gasteiger charge is -2.37. The molecule has 3 aliphatic rings. The van der Waals surface area contributed by atoms with E-state index in [2.05, 4.69) is 10.6 Å². The number of hydrogen-bond acceptors (Lipinski definition) is 8. The van der Waals surface area contributed by atoms with Gasteiger partial charge in [-0.2, -0.15) is 0 Å². The summed E-state index contributed by atoms with van der Waals surface area (Å²) in [6, 6.07) is -0.927. The van der Waals surface area contributed by atoms with Gasteiger partial charge in [-0.3, -0.25) is 24.1 Å². The van der Waals surface area contributed by atoms with Crippen molar-refractivity contribution in [3.8, 4) is 0 Å². The first-order chi connectivity index (χ1) is 15.5. The second-order valence-corrected chi connectivity index (χ2v) is 9.54. The Labute approximate surface area is 194 Å². The molecule has 0 aromatic rings. The summed E-state index contributed by atoms with van der Waals surface area (Å²) in [5.41, 5.74) is 3.06. The highest BCUT2D eigenvalue weighted by atomic mass is 16.6. The summed E-state index contributed by atoms with van der Waals surface area (Å²) in [7, 11) is 0. The van der Waals surface area contributed by atoms with Crippen molar-refractivity contribution in [2.75, 3.05) is 46.1 Å². The standard InChI is InChI=1S/C22H36N4O7/c1-14(24-17(27)12-26-6-9-31-10-7-26)19(29)25-22(3,20(23)30)16(11-15-5-4-8-32-15)18(28)21(2)13-33-21/h14-16H,4-13H2,1-3H3,(H2,23,30)(H,24,27)(H,25,29)/t14-,15-,16+,21+,22?/m0/s1. The van der Waals surface area contributed by atoms with E-state index < -0.39 is 34.9 Å². The van der Waals surface area contributed by atoms with E-state index in [1.54, 1.807) is 6.92 Å². The van der Waals surface area contributed by atoms with Crippen LogP contribution in [0, 0.1) is 5.92 Å². The van der Waals surface area contributed by atoms with Gasteiger partial charge in [-0.1, -0.05) is 0 Å². The molecule has 0 aromatic heterocycles. The monoisotopic (exact) mass is 468 g/mol.